The molecular weight excluding hydrogens is 247 g/mol. The number of benzene rings is 1. The summed E-state index contributed by atoms with van der Waals surface area (Å²) in [5.74, 6) is 0.682. The number of halogens is 1. The standard InChI is InChI=1S/C13H15FN4O/c1-19-11-6-5-10(8-3-2-4-9(14)7-8)18-12(11)16-13(15)17-18/h2-4,7,10-11H,5-6H2,1H3,(H2,15,17). The molecule has 0 aliphatic carbocycles. The van der Waals surface area contributed by atoms with Gasteiger partial charge in [-0.1, -0.05) is 12.1 Å². The second-order valence-corrected chi connectivity index (χ2v) is 4.65. The summed E-state index contributed by atoms with van der Waals surface area (Å²) in [5, 5.41) is 4.22. The number of ether oxygens (including phenoxy) is 1. The second-order valence-electron chi connectivity index (χ2n) is 4.65. The van der Waals surface area contributed by atoms with E-state index in [1.165, 1.54) is 12.1 Å². The van der Waals surface area contributed by atoms with Gasteiger partial charge in [0.05, 0.1) is 6.04 Å². The zero-order valence-electron chi connectivity index (χ0n) is 10.6. The van der Waals surface area contributed by atoms with Crippen molar-refractivity contribution >= 4 is 5.95 Å². The molecule has 0 fully saturated rings. The highest BCUT2D eigenvalue weighted by atomic mass is 19.1. The molecule has 2 N–H and O–H groups in total. The molecule has 2 aromatic rings. The van der Waals surface area contributed by atoms with Crippen molar-refractivity contribution in [2.45, 2.75) is 25.0 Å². The molecule has 1 aromatic carbocycles. The van der Waals surface area contributed by atoms with Crippen LogP contribution in [0.15, 0.2) is 24.3 Å². The molecule has 1 aromatic heterocycles. The molecule has 19 heavy (non-hydrogen) atoms. The molecule has 1 aliphatic heterocycles. The Morgan fingerprint density at radius 3 is 3.00 bits per heavy atom. The van der Waals surface area contributed by atoms with Gasteiger partial charge in [0.1, 0.15) is 11.9 Å². The lowest BCUT2D eigenvalue weighted by atomic mass is 9.96. The molecule has 0 spiro atoms. The van der Waals surface area contributed by atoms with Crippen LogP contribution in [0.2, 0.25) is 0 Å². The van der Waals surface area contributed by atoms with E-state index < -0.39 is 0 Å². The summed E-state index contributed by atoms with van der Waals surface area (Å²) < 4.78 is 20.5. The molecule has 1 aliphatic rings. The van der Waals surface area contributed by atoms with Crippen LogP contribution >= 0.6 is 0 Å². The molecule has 3 rings (SSSR count). The fourth-order valence-electron chi connectivity index (χ4n) is 2.61. The summed E-state index contributed by atoms with van der Waals surface area (Å²) in [6, 6.07) is 6.51. The van der Waals surface area contributed by atoms with Gasteiger partial charge in [-0.25, -0.2) is 9.07 Å². The lowest BCUT2D eigenvalue weighted by Crippen LogP contribution is -2.24. The van der Waals surface area contributed by atoms with Crippen LogP contribution in [0.25, 0.3) is 0 Å². The average molecular weight is 262 g/mol. The van der Waals surface area contributed by atoms with Crippen LogP contribution < -0.4 is 5.73 Å². The maximum absolute atomic E-state index is 13.4. The highest BCUT2D eigenvalue weighted by molar-refractivity contribution is 5.25. The number of nitrogens with two attached hydrogens (primary N) is 1. The highest BCUT2D eigenvalue weighted by Gasteiger charge is 2.31. The van der Waals surface area contributed by atoms with Crippen molar-refractivity contribution in [3.63, 3.8) is 0 Å². The first-order chi connectivity index (χ1) is 9.19. The highest BCUT2D eigenvalue weighted by Crippen LogP contribution is 2.36. The van der Waals surface area contributed by atoms with E-state index in [0.717, 1.165) is 18.4 Å². The van der Waals surface area contributed by atoms with E-state index in [2.05, 4.69) is 10.1 Å². The van der Waals surface area contributed by atoms with E-state index in [9.17, 15) is 4.39 Å². The second kappa shape index (κ2) is 4.62. The Labute approximate surface area is 110 Å². The first-order valence-corrected chi connectivity index (χ1v) is 6.19. The van der Waals surface area contributed by atoms with Gasteiger partial charge < -0.3 is 10.5 Å². The predicted octanol–water partition coefficient (Wildman–Crippen LogP) is 2.07. The third kappa shape index (κ3) is 2.08. The summed E-state index contributed by atoms with van der Waals surface area (Å²) in [6.45, 7) is 0. The van der Waals surface area contributed by atoms with E-state index >= 15 is 0 Å². The van der Waals surface area contributed by atoms with Gasteiger partial charge in [0.2, 0.25) is 5.95 Å². The Balaban J connectivity index is 2.05. The van der Waals surface area contributed by atoms with Crippen LogP contribution in [-0.4, -0.2) is 21.9 Å². The Bertz CT molecular complexity index is 598. The van der Waals surface area contributed by atoms with Gasteiger partial charge in [-0.15, -0.1) is 5.10 Å². The van der Waals surface area contributed by atoms with E-state index in [1.807, 2.05) is 6.07 Å². The van der Waals surface area contributed by atoms with Gasteiger partial charge in [0.25, 0.3) is 0 Å². The van der Waals surface area contributed by atoms with E-state index in [1.54, 1.807) is 17.9 Å². The molecular formula is C13H15FN4O. The number of aromatic nitrogens is 3. The number of nitrogen functional groups attached to an aromatic ring is 1. The van der Waals surface area contributed by atoms with Gasteiger partial charge in [-0.2, -0.15) is 4.98 Å². The van der Waals surface area contributed by atoms with Gasteiger partial charge >= 0.3 is 0 Å². The Morgan fingerprint density at radius 2 is 2.26 bits per heavy atom. The molecule has 0 bridgehead atoms. The van der Waals surface area contributed by atoms with Gasteiger partial charge in [-0.3, -0.25) is 0 Å². The number of hydrogen-bond acceptors (Lipinski definition) is 4. The molecule has 5 nitrogen and oxygen atoms in total. The van der Waals surface area contributed by atoms with Crippen molar-refractivity contribution in [3.05, 3.63) is 41.5 Å². The number of anilines is 1. The molecule has 2 heterocycles. The van der Waals surface area contributed by atoms with Gasteiger partial charge in [0, 0.05) is 7.11 Å². The van der Waals surface area contributed by atoms with E-state index in [0.29, 0.717) is 5.82 Å². The molecule has 0 radical (unpaired) electrons. The zero-order valence-corrected chi connectivity index (χ0v) is 10.6. The third-order valence-corrected chi connectivity index (χ3v) is 3.48. The first-order valence-electron chi connectivity index (χ1n) is 6.19. The third-order valence-electron chi connectivity index (χ3n) is 3.48. The van der Waals surface area contributed by atoms with Crippen LogP contribution in [0.1, 0.15) is 36.4 Å². The number of fused-ring (bicyclic) bond motifs is 1. The largest absolute Gasteiger partial charge is 0.373 e. The number of nitrogens with zero attached hydrogens (tertiary/aromatic N) is 3. The zero-order chi connectivity index (χ0) is 13.4. The summed E-state index contributed by atoms with van der Waals surface area (Å²) in [7, 11) is 1.64. The van der Waals surface area contributed by atoms with Crippen molar-refractivity contribution in [3.8, 4) is 0 Å². The summed E-state index contributed by atoms with van der Waals surface area (Å²) in [4.78, 5) is 4.21. The predicted molar refractivity (Wildman–Crippen MR) is 68.0 cm³/mol. The van der Waals surface area contributed by atoms with E-state index in [-0.39, 0.29) is 23.9 Å². The fraction of sp³-hybridized carbons (Fsp3) is 0.385. The Kier molecular flexibility index (Phi) is 2.94. The van der Waals surface area contributed by atoms with Crippen LogP contribution in [0.3, 0.4) is 0 Å². The molecule has 6 heteroatoms. The lowest BCUT2D eigenvalue weighted by Gasteiger charge is -2.28. The van der Waals surface area contributed by atoms with Crippen LogP contribution in [0, 0.1) is 5.82 Å². The average Bonchev–Trinajstić information content (AvgIpc) is 2.78. The Hall–Kier alpha value is -1.95. The molecule has 0 saturated heterocycles. The lowest BCUT2D eigenvalue weighted by molar-refractivity contribution is 0.0648. The minimum Gasteiger partial charge on any atom is -0.373 e. The normalized spacial score (nSPS) is 22.2. The topological polar surface area (TPSA) is 66.0 Å². The first kappa shape index (κ1) is 12.1. The summed E-state index contributed by atoms with van der Waals surface area (Å²) in [6.07, 6.45) is 1.53. The number of rotatable bonds is 2. The van der Waals surface area contributed by atoms with Crippen LogP contribution in [0.4, 0.5) is 10.3 Å². The molecule has 2 unspecified atom stereocenters. The van der Waals surface area contributed by atoms with Crippen LogP contribution in [-0.2, 0) is 4.74 Å². The quantitative estimate of drug-likeness (QED) is 0.899. The number of methoxy groups -OCH3 is 1. The smallest absolute Gasteiger partial charge is 0.239 e. The number of hydrogen-bond donors (Lipinski definition) is 1. The van der Waals surface area contributed by atoms with Gasteiger partial charge in [0.15, 0.2) is 5.82 Å². The molecule has 2 atom stereocenters. The minimum absolute atomic E-state index is 0.0399. The summed E-state index contributed by atoms with van der Waals surface area (Å²) in [5.41, 5.74) is 6.55. The van der Waals surface area contributed by atoms with Crippen molar-refractivity contribution in [2.24, 2.45) is 0 Å². The van der Waals surface area contributed by atoms with E-state index in [4.69, 9.17) is 10.5 Å². The minimum atomic E-state index is -0.249. The van der Waals surface area contributed by atoms with Crippen molar-refractivity contribution < 1.29 is 9.13 Å². The maximum atomic E-state index is 13.4. The van der Waals surface area contributed by atoms with Crippen LogP contribution in [0.5, 0.6) is 0 Å². The SMILES string of the molecule is COC1CCC(c2cccc(F)c2)n2nc(N)nc21. The van der Waals surface area contributed by atoms with Crippen molar-refractivity contribution in [1.29, 1.82) is 0 Å². The molecule has 0 saturated carbocycles. The molecule has 0 amide bonds. The maximum Gasteiger partial charge on any atom is 0.239 e. The fourth-order valence-corrected chi connectivity index (χ4v) is 2.61. The summed E-state index contributed by atoms with van der Waals surface area (Å²) >= 11 is 0. The Morgan fingerprint density at radius 1 is 1.42 bits per heavy atom. The molecule has 100 valence electrons. The van der Waals surface area contributed by atoms with Crippen molar-refractivity contribution in [2.75, 3.05) is 12.8 Å². The van der Waals surface area contributed by atoms with Gasteiger partial charge in [-0.05, 0) is 30.5 Å². The monoisotopic (exact) mass is 262 g/mol. The van der Waals surface area contributed by atoms with Crippen molar-refractivity contribution in [1.82, 2.24) is 14.8 Å².